The van der Waals surface area contributed by atoms with Crippen LogP contribution in [0.1, 0.15) is 28.4 Å². The molecular weight excluding hydrogens is 389 g/mol. The fraction of sp³-hybridized carbons (Fsp3) is 0.150. The number of carbonyl (C=O) groups is 3. The highest BCUT2D eigenvalue weighted by Crippen LogP contribution is 2.29. The van der Waals surface area contributed by atoms with Gasteiger partial charge in [0.25, 0.3) is 11.8 Å². The Morgan fingerprint density at radius 3 is 2.34 bits per heavy atom. The summed E-state index contributed by atoms with van der Waals surface area (Å²) in [5, 5.41) is 0. The lowest BCUT2D eigenvalue weighted by atomic mass is 10.1. The first kappa shape index (κ1) is 21.7. The Balaban J connectivity index is 1.86. The highest BCUT2D eigenvalue weighted by molar-refractivity contribution is 5.96. The molecule has 2 aromatic carbocycles. The van der Waals surface area contributed by atoms with Gasteiger partial charge in [-0.2, -0.15) is 13.2 Å². The Kier molecular flexibility index (Phi) is 7.13. The number of alkyl halides is 3. The topological polar surface area (TPSA) is 84.5 Å². The molecule has 0 unspecified atom stereocenters. The van der Waals surface area contributed by atoms with E-state index >= 15 is 0 Å². The second-order valence-corrected chi connectivity index (χ2v) is 5.85. The zero-order valence-electron chi connectivity index (χ0n) is 15.2. The predicted molar refractivity (Wildman–Crippen MR) is 98.1 cm³/mol. The number of hydrogen-bond acceptors (Lipinski definition) is 4. The largest absolute Gasteiger partial charge is 0.449 e. The van der Waals surface area contributed by atoms with Gasteiger partial charge in [-0.15, -0.1) is 0 Å². The third kappa shape index (κ3) is 6.80. The molecule has 0 aliphatic rings. The van der Waals surface area contributed by atoms with E-state index in [0.29, 0.717) is 5.56 Å². The molecule has 0 spiro atoms. The first-order valence-electron chi connectivity index (χ1n) is 8.38. The molecule has 6 nitrogen and oxygen atoms in total. The lowest BCUT2D eigenvalue weighted by Crippen LogP contribution is -2.46. The van der Waals surface area contributed by atoms with Gasteiger partial charge in [-0.1, -0.05) is 30.3 Å². The number of esters is 1. The summed E-state index contributed by atoms with van der Waals surface area (Å²) in [5.41, 5.74) is 3.91. The van der Waals surface area contributed by atoms with E-state index < -0.39 is 35.6 Å². The molecule has 0 saturated heterocycles. The Bertz CT molecular complexity index is 911. The number of ether oxygens (including phenoxy) is 1. The van der Waals surface area contributed by atoms with Crippen LogP contribution in [0, 0.1) is 0 Å². The highest BCUT2D eigenvalue weighted by Gasteiger charge is 2.30. The minimum Gasteiger partial charge on any atom is -0.449 e. The fourth-order valence-corrected chi connectivity index (χ4v) is 2.13. The van der Waals surface area contributed by atoms with Crippen LogP contribution in [0.3, 0.4) is 0 Å². The number of hydrogen-bond donors (Lipinski definition) is 2. The molecule has 9 heteroatoms. The summed E-state index contributed by atoms with van der Waals surface area (Å²) in [6.07, 6.45) is -3.70. The number of halogens is 3. The van der Waals surface area contributed by atoms with Crippen molar-refractivity contribution in [2.45, 2.75) is 19.2 Å². The molecule has 0 fully saturated rings. The molecule has 152 valence electrons. The van der Waals surface area contributed by atoms with Crippen LogP contribution in [-0.2, 0) is 20.5 Å². The van der Waals surface area contributed by atoms with Crippen molar-refractivity contribution in [3.05, 3.63) is 77.4 Å². The van der Waals surface area contributed by atoms with E-state index in [2.05, 4.69) is 10.9 Å². The maximum Gasteiger partial charge on any atom is 0.416 e. The van der Waals surface area contributed by atoms with Crippen molar-refractivity contribution in [1.29, 1.82) is 0 Å². The highest BCUT2D eigenvalue weighted by atomic mass is 19.4. The van der Waals surface area contributed by atoms with Gasteiger partial charge in [0.05, 0.1) is 5.56 Å². The lowest BCUT2D eigenvalue weighted by Gasteiger charge is -2.13. The average molecular weight is 406 g/mol. The Morgan fingerprint density at radius 2 is 1.69 bits per heavy atom. The molecular formula is C20H17F3N2O4. The molecule has 29 heavy (non-hydrogen) atoms. The fourth-order valence-electron chi connectivity index (χ4n) is 2.13. The molecule has 0 aliphatic carbocycles. The molecule has 2 aromatic rings. The van der Waals surface area contributed by atoms with Crippen molar-refractivity contribution in [2.75, 3.05) is 0 Å². The zero-order chi connectivity index (χ0) is 21.4. The number of hydrazine groups is 1. The van der Waals surface area contributed by atoms with Crippen molar-refractivity contribution in [1.82, 2.24) is 10.9 Å². The van der Waals surface area contributed by atoms with E-state index in [4.69, 9.17) is 4.74 Å². The van der Waals surface area contributed by atoms with E-state index in [1.807, 2.05) is 0 Å². The SMILES string of the molecule is C[C@H](OC(=O)/C=C/c1cccc(C(F)(F)F)c1)C(=O)NNC(=O)c1ccccc1. The molecule has 1 atom stereocenters. The number of rotatable bonds is 5. The van der Waals surface area contributed by atoms with Gasteiger partial charge in [0, 0.05) is 11.6 Å². The van der Waals surface area contributed by atoms with Gasteiger partial charge in [-0.25, -0.2) is 4.79 Å². The minimum absolute atomic E-state index is 0.143. The van der Waals surface area contributed by atoms with Gasteiger partial charge in [-0.3, -0.25) is 20.4 Å². The molecule has 2 amide bonds. The summed E-state index contributed by atoms with van der Waals surface area (Å²) in [4.78, 5) is 35.5. The molecule has 0 bridgehead atoms. The molecule has 2 N–H and O–H groups in total. The summed E-state index contributed by atoms with van der Waals surface area (Å²) >= 11 is 0. The van der Waals surface area contributed by atoms with Crippen LogP contribution in [0.25, 0.3) is 6.08 Å². The van der Waals surface area contributed by atoms with Gasteiger partial charge in [-0.05, 0) is 42.8 Å². The molecule has 0 heterocycles. The molecule has 0 radical (unpaired) electrons. The van der Waals surface area contributed by atoms with Crippen molar-refractivity contribution >= 4 is 23.9 Å². The van der Waals surface area contributed by atoms with Crippen molar-refractivity contribution in [3.8, 4) is 0 Å². The average Bonchev–Trinajstić information content (AvgIpc) is 2.70. The first-order chi connectivity index (χ1) is 13.7. The number of benzene rings is 2. The van der Waals surface area contributed by atoms with Crippen LogP contribution in [0.2, 0.25) is 0 Å². The van der Waals surface area contributed by atoms with Crippen LogP contribution in [0.5, 0.6) is 0 Å². The normalized spacial score (nSPS) is 12.3. The second-order valence-electron chi connectivity index (χ2n) is 5.85. The van der Waals surface area contributed by atoms with Crippen molar-refractivity contribution < 1.29 is 32.3 Å². The summed E-state index contributed by atoms with van der Waals surface area (Å²) in [5.74, 6) is -2.27. The molecule has 0 aromatic heterocycles. The van der Waals surface area contributed by atoms with Gasteiger partial charge in [0.1, 0.15) is 0 Å². The molecule has 2 rings (SSSR count). The number of amides is 2. The van der Waals surface area contributed by atoms with Gasteiger partial charge >= 0.3 is 12.1 Å². The smallest absolute Gasteiger partial charge is 0.416 e. The van der Waals surface area contributed by atoms with E-state index in [-0.39, 0.29) is 5.56 Å². The minimum atomic E-state index is -4.50. The summed E-state index contributed by atoms with van der Waals surface area (Å²) in [6, 6.07) is 12.5. The summed E-state index contributed by atoms with van der Waals surface area (Å²) in [6.45, 7) is 1.28. The standard InChI is InChI=1S/C20H17F3N2O4/c1-13(18(27)24-25-19(28)15-7-3-2-4-8-15)29-17(26)11-10-14-6-5-9-16(12-14)20(21,22)23/h2-13H,1H3,(H,24,27)(H,25,28)/b11-10+/t13-/m0/s1. The lowest BCUT2D eigenvalue weighted by molar-refractivity contribution is -0.150. The third-order valence-corrected chi connectivity index (χ3v) is 3.62. The zero-order valence-corrected chi connectivity index (χ0v) is 15.2. The Morgan fingerprint density at radius 1 is 1.00 bits per heavy atom. The van der Waals surface area contributed by atoms with E-state index in [0.717, 1.165) is 24.3 Å². The number of carbonyl (C=O) groups excluding carboxylic acids is 3. The number of nitrogens with one attached hydrogen (secondary N) is 2. The summed E-state index contributed by atoms with van der Waals surface area (Å²) in [7, 11) is 0. The maximum absolute atomic E-state index is 12.7. The van der Waals surface area contributed by atoms with E-state index in [9.17, 15) is 27.6 Å². The van der Waals surface area contributed by atoms with E-state index in [1.54, 1.807) is 30.3 Å². The van der Waals surface area contributed by atoms with E-state index in [1.165, 1.54) is 19.1 Å². The first-order valence-corrected chi connectivity index (χ1v) is 8.38. The van der Waals surface area contributed by atoms with Crippen LogP contribution >= 0.6 is 0 Å². The van der Waals surface area contributed by atoms with Crippen LogP contribution in [0.4, 0.5) is 13.2 Å². The van der Waals surface area contributed by atoms with Crippen LogP contribution in [0.15, 0.2) is 60.7 Å². The molecule has 0 saturated carbocycles. The van der Waals surface area contributed by atoms with Gasteiger partial charge in [0.15, 0.2) is 6.10 Å². The van der Waals surface area contributed by atoms with Crippen LogP contribution < -0.4 is 10.9 Å². The third-order valence-electron chi connectivity index (χ3n) is 3.62. The van der Waals surface area contributed by atoms with Crippen molar-refractivity contribution in [2.24, 2.45) is 0 Å². The molecule has 0 aliphatic heterocycles. The van der Waals surface area contributed by atoms with Crippen molar-refractivity contribution in [3.63, 3.8) is 0 Å². The monoisotopic (exact) mass is 406 g/mol. The van der Waals surface area contributed by atoms with Crippen LogP contribution in [-0.4, -0.2) is 23.9 Å². The quantitative estimate of drug-likeness (QED) is 0.454. The Hall–Kier alpha value is -3.62. The van der Waals surface area contributed by atoms with Gasteiger partial charge in [0.2, 0.25) is 0 Å². The maximum atomic E-state index is 12.7. The predicted octanol–water partition coefficient (Wildman–Crippen LogP) is 3.11. The Labute approximate surface area is 164 Å². The van der Waals surface area contributed by atoms with Gasteiger partial charge < -0.3 is 4.74 Å². The second kappa shape index (κ2) is 9.54. The summed E-state index contributed by atoms with van der Waals surface area (Å²) < 4.78 is 42.9.